The standard InChI is InChI=1S/C20H14FN5OS/c21-15-6-4-13(5-7-15)16-10-28-20-17(16)19(23-11-24-20)26-25-9-12-2-1-3-14(8-12)18(22)27/h1-11H,(H2,22,27)(H,23,24,26)/b25-9+. The molecule has 2 aromatic carbocycles. The van der Waals surface area contributed by atoms with Crippen LogP contribution in [-0.4, -0.2) is 22.1 Å². The Morgan fingerprint density at radius 1 is 1.18 bits per heavy atom. The molecule has 0 saturated heterocycles. The predicted molar refractivity (Wildman–Crippen MR) is 109 cm³/mol. The van der Waals surface area contributed by atoms with E-state index in [1.807, 2.05) is 11.4 Å². The molecule has 138 valence electrons. The normalized spacial score (nSPS) is 11.2. The Bertz CT molecular complexity index is 1190. The number of benzene rings is 2. The van der Waals surface area contributed by atoms with Gasteiger partial charge in [-0.2, -0.15) is 5.10 Å². The number of thiophene rings is 1. The molecule has 6 nitrogen and oxygen atoms in total. The largest absolute Gasteiger partial charge is 0.366 e. The lowest BCUT2D eigenvalue weighted by Crippen LogP contribution is -2.10. The predicted octanol–water partition coefficient (Wildman–Crippen LogP) is 4.04. The fourth-order valence-electron chi connectivity index (χ4n) is 2.74. The number of primary amides is 1. The van der Waals surface area contributed by atoms with Crippen molar-refractivity contribution in [1.82, 2.24) is 9.97 Å². The molecular weight excluding hydrogens is 377 g/mol. The third-order valence-corrected chi connectivity index (χ3v) is 4.97. The van der Waals surface area contributed by atoms with Crippen molar-refractivity contribution in [2.75, 3.05) is 5.43 Å². The van der Waals surface area contributed by atoms with Crippen molar-refractivity contribution in [1.29, 1.82) is 0 Å². The number of nitrogens with two attached hydrogens (primary N) is 1. The van der Waals surface area contributed by atoms with Crippen LogP contribution in [0.2, 0.25) is 0 Å². The number of halogens is 1. The molecule has 0 saturated carbocycles. The zero-order valence-electron chi connectivity index (χ0n) is 14.5. The molecule has 4 aromatic rings. The van der Waals surface area contributed by atoms with Crippen molar-refractivity contribution in [2.24, 2.45) is 10.8 Å². The Kier molecular flexibility index (Phi) is 4.77. The number of nitrogens with zero attached hydrogens (tertiary/aromatic N) is 3. The molecule has 0 atom stereocenters. The topological polar surface area (TPSA) is 93.3 Å². The van der Waals surface area contributed by atoms with Crippen LogP contribution in [-0.2, 0) is 0 Å². The average molecular weight is 391 g/mol. The van der Waals surface area contributed by atoms with E-state index in [1.165, 1.54) is 29.8 Å². The quantitative estimate of drug-likeness (QED) is 0.397. The first-order valence-corrected chi connectivity index (χ1v) is 9.17. The fourth-order valence-corrected chi connectivity index (χ4v) is 3.66. The monoisotopic (exact) mass is 391 g/mol. The maximum absolute atomic E-state index is 13.2. The van der Waals surface area contributed by atoms with Gasteiger partial charge in [0.1, 0.15) is 17.0 Å². The summed E-state index contributed by atoms with van der Waals surface area (Å²) in [7, 11) is 0. The highest BCUT2D eigenvalue weighted by Gasteiger charge is 2.13. The Labute approximate surface area is 163 Å². The second-order valence-corrected chi connectivity index (χ2v) is 6.78. The van der Waals surface area contributed by atoms with Crippen molar-refractivity contribution >= 4 is 39.5 Å². The van der Waals surface area contributed by atoms with Gasteiger partial charge in [-0.1, -0.05) is 24.3 Å². The molecule has 2 aromatic heterocycles. The smallest absolute Gasteiger partial charge is 0.248 e. The number of fused-ring (bicyclic) bond motifs is 1. The molecule has 0 aliphatic rings. The van der Waals surface area contributed by atoms with Gasteiger partial charge in [-0.15, -0.1) is 11.3 Å². The summed E-state index contributed by atoms with van der Waals surface area (Å²) in [6.45, 7) is 0. The molecule has 0 aliphatic heterocycles. The minimum absolute atomic E-state index is 0.291. The lowest BCUT2D eigenvalue weighted by molar-refractivity contribution is 0.100. The molecule has 0 fully saturated rings. The molecule has 4 rings (SSSR count). The minimum atomic E-state index is -0.497. The molecule has 1 amide bonds. The van der Waals surface area contributed by atoms with Crippen molar-refractivity contribution in [3.8, 4) is 11.1 Å². The summed E-state index contributed by atoms with van der Waals surface area (Å²) in [5, 5.41) is 6.98. The minimum Gasteiger partial charge on any atom is -0.366 e. The molecule has 28 heavy (non-hydrogen) atoms. The highest BCUT2D eigenvalue weighted by molar-refractivity contribution is 7.17. The van der Waals surface area contributed by atoms with Gasteiger partial charge in [0.25, 0.3) is 0 Å². The van der Waals surface area contributed by atoms with E-state index < -0.39 is 5.91 Å². The molecule has 0 aliphatic carbocycles. The first-order chi connectivity index (χ1) is 13.6. The van der Waals surface area contributed by atoms with Gasteiger partial charge < -0.3 is 5.73 Å². The number of carbonyl (C=O) groups is 1. The fraction of sp³-hybridized carbons (Fsp3) is 0. The van der Waals surface area contributed by atoms with Gasteiger partial charge >= 0.3 is 0 Å². The molecule has 3 N–H and O–H groups in total. The molecule has 0 radical (unpaired) electrons. The highest BCUT2D eigenvalue weighted by Crippen LogP contribution is 2.36. The summed E-state index contributed by atoms with van der Waals surface area (Å²) >= 11 is 1.47. The van der Waals surface area contributed by atoms with Gasteiger partial charge in [0.05, 0.1) is 11.6 Å². The summed E-state index contributed by atoms with van der Waals surface area (Å²) in [5.41, 5.74) is 11.1. The molecule has 0 bridgehead atoms. The Balaban J connectivity index is 1.66. The molecule has 0 unspecified atom stereocenters. The first kappa shape index (κ1) is 17.7. The summed E-state index contributed by atoms with van der Waals surface area (Å²) in [6.07, 6.45) is 3.03. The van der Waals surface area contributed by atoms with Crippen LogP contribution in [0.1, 0.15) is 15.9 Å². The summed E-state index contributed by atoms with van der Waals surface area (Å²) in [4.78, 5) is 20.7. The number of amides is 1. The van der Waals surface area contributed by atoms with E-state index in [0.717, 1.165) is 26.9 Å². The second kappa shape index (κ2) is 7.53. The van der Waals surface area contributed by atoms with Crippen molar-refractivity contribution < 1.29 is 9.18 Å². The third-order valence-electron chi connectivity index (χ3n) is 4.08. The zero-order chi connectivity index (χ0) is 19.5. The number of nitrogens with one attached hydrogen (secondary N) is 1. The van der Waals surface area contributed by atoms with Gasteiger partial charge in [-0.25, -0.2) is 14.4 Å². The Morgan fingerprint density at radius 3 is 2.79 bits per heavy atom. The maximum atomic E-state index is 13.2. The van der Waals surface area contributed by atoms with E-state index in [9.17, 15) is 9.18 Å². The number of rotatable bonds is 5. The summed E-state index contributed by atoms with van der Waals surface area (Å²) < 4.78 is 13.2. The third kappa shape index (κ3) is 3.58. The second-order valence-electron chi connectivity index (χ2n) is 5.92. The number of hydrazone groups is 1. The average Bonchev–Trinajstić information content (AvgIpc) is 3.14. The van der Waals surface area contributed by atoms with E-state index in [0.29, 0.717) is 11.4 Å². The van der Waals surface area contributed by atoms with Crippen LogP contribution in [0.25, 0.3) is 21.3 Å². The molecule has 0 spiro atoms. The van der Waals surface area contributed by atoms with Gasteiger partial charge in [0.2, 0.25) is 5.91 Å². The van der Waals surface area contributed by atoms with Crippen LogP contribution in [0.4, 0.5) is 10.2 Å². The van der Waals surface area contributed by atoms with E-state index in [4.69, 9.17) is 5.73 Å². The van der Waals surface area contributed by atoms with Crippen LogP contribution in [0.3, 0.4) is 0 Å². The van der Waals surface area contributed by atoms with Crippen LogP contribution in [0.5, 0.6) is 0 Å². The zero-order valence-corrected chi connectivity index (χ0v) is 15.3. The number of anilines is 1. The number of carbonyl (C=O) groups excluding carboxylic acids is 1. The van der Waals surface area contributed by atoms with Gasteiger partial charge in [0.15, 0.2) is 5.82 Å². The lowest BCUT2D eigenvalue weighted by atomic mass is 10.1. The van der Waals surface area contributed by atoms with E-state index in [-0.39, 0.29) is 5.82 Å². The summed E-state index contributed by atoms with van der Waals surface area (Å²) in [6, 6.07) is 13.1. The van der Waals surface area contributed by atoms with Gasteiger partial charge in [-0.3, -0.25) is 10.2 Å². The molecule has 8 heteroatoms. The van der Waals surface area contributed by atoms with Crippen LogP contribution in [0, 0.1) is 5.82 Å². The van der Waals surface area contributed by atoms with E-state index >= 15 is 0 Å². The first-order valence-electron chi connectivity index (χ1n) is 8.29. The Hall–Kier alpha value is -3.65. The van der Waals surface area contributed by atoms with Gasteiger partial charge in [0, 0.05) is 16.5 Å². The summed E-state index contributed by atoms with van der Waals surface area (Å²) in [5.74, 6) is -0.253. The van der Waals surface area contributed by atoms with Crippen molar-refractivity contribution in [2.45, 2.75) is 0 Å². The highest BCUT2D eigenvalue weighted by atomic mass is 32.1. The van der Waals surface area contributed by atoms with Gasteiger partial charge in [-0.05, 0) is 35.4 Å². The van der Waals surface area contributed by atoms with Crippen LogP contribution >= 0.6 is 11.3 Å². The van der Waals surface area contributed by atoms with E-state index in [1.54, 1.807) is 36.5 Å². The van der Waals surface area contributed by atoms with E-state index in [2.05, 4.69) is 20.5 Å². The van der Waals surface area contributed by atoms with Crippen LogP contribution in [0.15, 0.2) is 65.3 Å². The number of hydrogen-bond donors (Lipinski definition) is 2. The SMILES string of the molecule is NC(=O)c1cccc(/C=N/Nc2ncnc3scc(-c4ccc(F)cc4)c23)c1. The van der Waals surface area contributed by atoms with Crippen LogP contribution < -0.4 is 11.2 Å². The number of aromatic nitrogens is 2. The van der Waals surface area contributed by atoms with Crippen molar-refractivity contribution in [3.05, 3.63) is 77.2 Å². The number of hydrogen-bond acceptors (Lipinski definition) is 6. The molecular formula is C20H14FN5OS. The lowest BCUT2D eigenvalue weighted by Gasteiger charge is -2.05. The maximum Gasteiger partial charge on any atom is 0.248 e. The van der Waals surface area contributed by atoms with Crippen molar-refractivity contribution in [3.63, 3.8) is 0 Å². The molecule has 2 heterocycles. The Morgan fingerprint density at radius 2 is 2.00 bits per heavy atom.